The molecule has 0 radical (unpaired) electrons. The number of nitrogens with one attached hydrogen (secondary N) is 1. The van der Waals surface area contributed by atoms with Gasteiger partial charge in [-0.3, -0.25) is 0 Å². The van der Waals surface area contributed by atoms with Crippen molar-refractivity contribution in [1.29, 1.82) is 0 Å². The number of hydrogen-bond acceptors (Lipinski definition) is 5. The third-order valence-corrected chi connectivity index (χ3v) is 5.27. The van der Waals surface area contributed by atoms with Crippen LogP contribution in [0.15, 0.2) is 35.4 Å². The summed E-state index contributed by atoms with van der Waals surface area (Å²) >= 11 is 7.20. The number of halogens is 1. The fraction of sp³-hybridized carbons (Fsp3) is 0.167. The first kappa shape index (κ1) is 14.5. The molecule has 1 N–H and O–H groups in total. The summed E-state index contributed by atoms with van der Waals surface area (Å²) < 4.78 is 28.4. The average Bonchev–Trinajstić information content (AvgIpc) is 2.94. The molecule has 110 valence electrons. The fourth-order valence-electron chi connectivity index (χ4n) is 1.80. The van der Waals surface area contributed by atoms with Crippen LogP contribution in [0.2, 0.25) is 5.02 Å². The van der Waals surface area contributed by atoms with E-state index in [0.29, 0.717) is 10.7 Å². The molecule has 0 amide bonds. The first-order chi connectivity index (χ1) is 9.94. The number of hydrogen-bond donors (Lipinski definition) is 1. The van der Waals surface area contributed by atoms with Crippen molar-refractivity contribution in [1.82, 2.24) is 19.3 Å². The Balaban J connectivity index is 1.76. The first-order valence-corrected chi connectivity index (χ1v) is 8.69. The van der Waals surface area contributed by atoms with E-state index in [-0.39, 0.29) is 11.4 Å². The van der Waals surface area contributed by atoms with E-state index in [0.717, 1.165) is 9.97 Å². The lowest BCUT2D eigenvalue weighted by atomic mass is 10.4. The Kier molecular flexibility index (Phi) is 3.70. The number of benzene rings is 1. The van der Waals surface area contributed by atoms with Crippen molar-refractivity contribution in [2.45, 2.75) is 18.4 Å². The molecule has 2 aromatic heterocycles. The Bertz CT molecular complexity index is 852. The summed E-state index contributed by atoms with van der Waals surface area (Å²) in [6, 6.07) is 5.99. The number of sulfonamides is 1. The van der Waals surface area contributed by atoms with Gasteiger partial charge >= 0.3 is 0 Å². The fourth-order valence-corrected chi connectivity index (χ4v) is 3.66. The van der Waals surface area contributed by atoms with Gasteiger partial charge in [0.2, 0.25) is 15.0 Å². The SMILES string of the molecule is Cc1nn2cc(CNS(=O)(=O)c3ccc(Cl)cc3)nc2s1. The molecule has 0 aliphatic rings. The van der Waals surface area contributed by atoms with E-state index < -0.39 is 10.0 Å². The van der Waals surface area contributed by atoms with Crippen LogP contribution in [0, 0.1) is 6.92 Å². The highest BCUT2D eigenvalue weighted by Gasteiger charge is 2.15. The van der Waals surface area contributed by atoms with Gasteiger partial charge in [0.25, 0.3) is 0 Å². The van der Waals surface area contributed by atoms with Gasteiger partial charge in [-0.15, -0.1) is 0 Å². The summed E-state index contributed by atoms with van der Waals surface area (Å²) in [7, 11) is -3.58. The quantitative estimate of drug-likeness (QED) is 0.788. The Hall–Kier alpha value is -1.48. The number of imidazole rings is 1. The lowest BCUT2D eigenvalue weighted by Crippen LogP contribution is -2.23. The Morgan fingerprint density at radius 2 is 2.05 bits per heavy atom. The normalized spacial score (nSPS) is 12.1. The molecule has 3 rings (SSSR count). The third-order valence-electron chi connectivity index (χ3n) is 2.76. The van der Waals surface area contributed by atoms with Gasteiger partial charge in [-0.1, -0.05) is 22.9 Å². The van der Waals surface area contributed by atoms with Crippen molar-refractivity contribution in [3.63, 3.8) is 0 Å². The van der Waals surface area contributed by atoms with E-state index in [1.165, 1.54) is 35.6 Å². The Morgan fingerprint density at radius 1 is 1.33 bits per heavy atom. The van der Waals surface area contributed by atoms with E-state index in [1.807, 2.05) is 6.92 Å². The molecular weight excluding hydrogens is 332 g/mol. The van der Waals surface area contributed by atoms with E-state index in [4.69, 9.17) is 11.6 Å². The summed E-state index contributed by atoms with van der Waals surface area (Å²) in [4.78, 5) is 5.23. The topological polar surface area (TPSA) is 76.4 Å². The molecule has 0 saturated carbocycles. The second-order valence-electron chi connectivity index (χ2n) is 4.36. The van der Waals surface area contributed by atoms with Crippen LogP contribution < -0.4 is 4.72 Å². The van der Waals surface area contributed by atoms with Crippen molar-refractivity contribution in [3.05, 3.63) is 46.2 Å². The molecule has 6 nitrogen and oxygen atoms in total. The zero-order chi connectivity index (χ0) is 15.0. The molecule has 0 fully saturated rings. The molecule has 3 aromatic rings. The molecule has 0 atom stereocenters. The van der Waals surface area contributed by atoms with E-state index >= 15 is 0 Å². The highest BCUT2D eigenvalue weighted by molar-refractivity contribution is 7.89. The molecular formula is C12H11ClN4O2S2. The van der Waals surface area contributed by atoms with Crippen LogP contribution >= 0.6 is 22.9 Å². The van der Waals surface area contributed by atoms with Gasteiger partial charge in [0.05, 0.1) is 23.3 Å². The van der Waals surface area contributed by atoms with Crippen molar-refractivity contribution < 1.29 is 8.42 Å². The van der Waals surface area contributed by atoms with Gasteiger partial charge in [0.15, 0.2) is 0 Å². The van der Waals surface area contributed by atoms with Crippen LogP contribution in [-0.2, 0) is 16.6 Å². The second kappa shape index (κ2) is 5.38. The summed E-state index contributed by atoms with van der Waals surface area (Å²) in [5.74, 6) is 0. The number of nitrogens with zero attached hydrogens (tertiary/aromatic N) is 3. The number of rotatable bonds is 4. The maximum absolute atomic E-state index is 12.1. The second-order valence-corrected chi connectivity index (χ2v) is 7.72. The van der Waals surface area contributed by atoms with Crippen LogP contribution in [0.3, 0.4) is 0 Å². The Labute approximate surface area is 130 Å². The molecule has 21 heavy (non-hydrogen) atoms. The van der Waals surface area contributed by atoms with E-state index in [1.54, 1.807) is 10.7 Å². The highest BCUT2D eigenvalue weighted by atomic mass is 35.5. The largest absolute Gasteiger partial charge is 0.240 e. The predicted octanol–water partition coefficient (Wildman–Crippen LogP) is 2.23. The molecule has 0 unspecified atom stereocenters. The summed E-state index contributed by atoms with van der Waals surface area (Å²) in [6.07, 6.45) is 1.71. The lowest BCUT2D eigenvalue weighted by Gasteiger charge is -2.05. The summed E-state index contributed by atoms with van der Waals surface area (Å²) in [5.41, 5.74) is 0.617. The van der Waals surface area contributed by atoms with Gasteiger partial charge in [-0.2, -0.15) is 5.10 Å². The minimum absolute atomic E-state index is 0.111. The van der Waals surface area contributed by atoms with Gasteiger partial charge in [-0.25, -0.2) is 22.6 Å². The molecule has 2 heterocycles. The zero-order valence-electron chi connectivity index (χ0n) is 10.9. The lowest BCUT2D eigenvalue weighted by molar-refractivity contribution is 0.580. The van der Waals surface area contributed by atoms with Crippen LogP contribution in [0.1, 0.15) is 10.7 Å². The smallest absolute Gasteiger partial charge is 0.221 e. The molecule has 0 aliphatic carbocycles. The predicted molar refractivity (Wildman–Crippen MR) is 81.1 cm³/mol. The molecule has 0 spiro atoms. The third kappa shape index (κ3) is 3.08. The maximum atomic E-state index is 12.1. The van der Waals surface area contributed by atoms with Crippen LogP contribution in [0.4, 0.5) is 0 Å². The molecule has 1 aromatic carbocycles. The monoisotopic (exact) mass is 342 g/mol. The number of aryl methyl sites for hydroxylation is 1. The first-order valence-electron chi connectivity index (χ1n) is 6.01. The molecule has 0 aliphatic heterocycles. The minimum Gasteiger partial charge on any atom is -0.221 e. The molecule has 9 heteroatoms. The summed E-state index contributed by atoms with van der Waals surface area (Å²) in [5, 5.41) is 5.63. The molecule has 0 bridgehead atoms. The zero-order valence-corrected chi connectivity index (χ0v) is 13.3. The minimum atomic E-state index is -3.58. The average molecular weight is 343 g/mol. The van der Waals surface area contributed by atoms with Gasteiger partial charge < -0.3 is 0 Å². The van der Waals surface area contributed by atoms with Gasteiger partial charge in [-0.05, 0) is 31.2 Å². The molecule has 0 saturated heterocycles. The highest BCUT2D eigenvalue weighted by Crippen LogP contribution is 2.16. The summed E-state index contributed by atoms with van der Waals surface area (Å²) in [6.45, 7) is 2.00. The Morgan fingerprint density at radius 3 is 2.71 bits per heavy atom. The van der Waals surface area contributed by atoms with Gasteiger partial charge in [0, 0.05) is 5.02 Å². The van der Waals surface area contributed by atoms with Gasteiger partial charge in [0.1, 0.15) is 5.01 Å². The van der Waals surface area contributed by atoms with Crippen molar-refractivity contribution in [2.24, 2.45) is 0 Å². The maximum Gasteiger partial charge on any atom is 0.240 e. The van der Waals surface area contributed by atoms with Crippen LogP contribution in [-0.4, -0.2) is 23.0 Å². The number of fused-ring (bicyclic) bond motifs is 1. The standard InChI is InChI=1S/C12H11ClN4O2S2/c1-8-16-17-7-10(15-12(17)20-8)6-14-21(18,19)11-4-2-9(13)3-5-11/h2-5,7,14H,6H2,1H3. The van der Waals surface area contributed by atoms with Crippen molar-refractivity contribution in [3.8, 4) is 0 Å². The van der Waals surface area contributed by atoms with E-state index in [2.05, 4.69) is 14.8 Å². The van der Waals surface area contributed by atoms with Crippen molar-refractivity contribution in [2.75, 3.05) is 0 Å². The van der Waals surface area contributed by atoms with Crippen molar-refractivity contribution >= 4 is 37.9 Å². The van der Waals surface area contributed by atoms with Crippen LogP contribution in [0.5, 0.6) is 0 Å². The number of aromatic nitrogens is 3. The van der Waals surface area contributed by atoms with E-state index in [9.17, 15) is 8.42 Å². The van der Waals surface area contributed by atoms with Crippen LogP contribution in [0.25, 0.3) is 4.96 Å².